The van der Waals surface area contributed by atoms with Gasteiger partial charge in [0.1, 0.15) is 11.5 Å². The Morgan fingerprint density at radius 1 is 1.47 bits per heavy atom. The summed E-state index contributed by atoms with van der Waals surface area (Å²) in [7, 11) is 0. The van der Waals surface area contributed by atoms with Crippen molar-refractivity contribution in [3.05, 3.63) is 23.4 Å². The van der Waals surface area contributed by atoms with E-state index in [9.17, 15) is 4.79 Å². The number of hydrogen-bond donors (Lipinski definition) is 1. The summed E-state index contributed by atoms with van der Waals surface area (Å²) in [4.78, 5) is 14.2. The summed E-state index contributed by atoms with van der Waals surface area (Å²) in [5.41, 5.74) is 0.618. The summed E-state index contributed by atoms with van der Waals surface area (Å²) < 4.78 is 10.1. The monoisotopic (exact) mass is 208 g/mol. The minimum Gasteiger partial charge on any atom is -0.475 e. The summed E-state index contributed by atoms with van der Waals surface area (Å²) in [6.45, 7) is 3.53. The minimum atomic E-state index is -1.22. The lowest BCUT2D eigenvalue weighted by Gasteiger charge is -1.87. The molecule has 6 nitrogen and oxygen atoms in total. The molecule has 2 aromatic heterocycles. The first-order valence-electron chi connectivity index (χ1n) is 4.22. The maximum Gasteiger partial charge on any atom is 0.377 e. The molecule has 0 aliphatic carbocycles. The zero-order chi connectivity index (χ0) is 11.0. The number of furan rings is 1. The third kappa shape index (κ3) is 1.61. The summed E-state index contributed by atoms with van der Waals surface area (Å²) in [5, 5.41) is 11.9. The van der Waals surface area contributed by atoms with Crippen LogP contribution in [0.3, 0.4) is 0 Å². The number of carboxylic acids is 1. The molecule has 0 saturated carbocycles. The van der Waals surface area contributed by atoms with Gasteiger partial charge in [0.25, 0.3) is 11.7 Å². The third-order valence-electron chi connectivity index (χ3n) is 1.89. The van der Waals surface area contributed by atoms with Crippen molar-refractivity contribution in [2.24, 2.45) is 0 Å². The zero-order valence-electron chi connectivity index (χ0n) is 8.14. The van der Waals surface area contributed by atoms with Crippen LogP contribution in [0.5, 0.6) is 0 Å². The average molecular weight is 208 g/mol. The van der Waals surface area contributed by atoms with Crippen molar-refractivity contribution in [1.82, 2.24) is 10.1 Å². The Hall–Kier alpha value is -2.11. The van der Waals surface area contributed by atoms with Crippen LogP contribution in [0.25, 0.3) is 11.5 Å². The fraction of sp³-hybridized carbons (Fsp3) is 0.222. The second kappa shape index (κ2) is 3.23. The maximum atomic E-state index is 10.5. The van der Waals surface area contributed by atoms with E-state index in [1.807, 2.05) is 0 Å². The van der Waals surface area contributed by atoms with Crippen LogP contribution in [-0.2, 0) is 0 Å². The lowest BCUT2D eigenvalue weighted by Crippen LogP contribution is -1.98. The molecule has 0 aliphatic rings. The molecule has 0 saturated heterocycles. The molecule has 2 rings (SSSR count). The molecular formula is C9H8N2O4. The highest BCUT2D eigenvalue weighted by Gasteiger charge is 2.17. The number of hydrogen-bond acceptors (Lipinski definition) is 5. The molecule has 1 N–H and O–H groups in total. The standard InChI is InChI=1S/C9H8N2O4/c1-4-3-6(5(2)14-4)8-10-7(9(12)13)11-15-8/h3H,1-2H3,(H,12,13). The van der Waals surface area contributed by atoms with E-state index in [0.717, 1.165) is 0 Å². The molecule has 6 heteroatoms. The number of aromatic nitrogens is 2. The lowest BCUT2D eigenvalue weighted by molar-refractivity contribution is 0.0680. The van der Waals surface area contributed by atoms with Gasteiger partial charge in [0, 0.05) is 0 Å². The van der Waals surface area contributed by atoms with Crippen molar-refractivity contribution >= 4 is 5.97 Å². The first kappa shape index (κ1) is 9.45. The molecule has 0 spiro atoms. The van der Waals surface area contributed by atoms with Crippen LogP contribution in [0.15, 0.2) is 15.0 Å². The maximum absolute atomic E-state index is 10.5. The third-order valence-corrected chi connectivity index (χ3v) is 1.89. The van der Waals surface area contributed by atoms with Gasteiger partial charge in [0.2, 0.25) is 0 Å². The van der Waals surface area contributed by atoms with Crippen LogP contribution in [0.1, 0.15) is 22.1 Å². The van der Waals surface area contributed by atoms with E-state index < -0.39 is 5.97 Å². The highest BCUT2D eigenvalue weighted by molar-refractivity contribution is 5.83. The highest BCUT2D eigenvalue weighted by atomic mass is 16.5. The van der Waals surface area contributed by atoms with Crippen LogP contribution < -0.4 is 0 Å². The Morgan fingerprint density at radius 2 is 2.20 bits per heavy atom. The van der Waals surface area contributed by atoms with E-state index in [2.05, 4.69) is 10.1 Å². The van der Waals surface area contributed by atoms with Gasteiger partial charge in [-0.2, -0.15) is 4.98 Å². The van der Waals surface area contributed by atoms with Gasteiger partial charge in [-0.05, 0) is 25.1 Å². The molecule has 78 valence electrons. The van der Waals surface area contributed by atoms with E-state index in [1.165, 1.54) is 0 Å². The summed E-state index contributed by atoms with van der Waals surface area (Å²) in [5.74, 6) is -0.0986. The van der Waals surface area contributed by atoms with Gasteiger partial charge in [-0.25, -0.2) is 4.79 Å². The Morgan fingerprint density at radius 3 is 2.67 bits per heavy atom. The number of carbonyl (C=O) groups is 1. The number of rotatable bonds is 2. The molecule has 0 amide bonds. The van der Waals surface area contributed by atoms with Crippen molar-refractivity contribution in [2.45, 2.75) is 13.8 Å². The van der Waals surface area contributed by atoms with E-state index in [-0.39, 0.29) is 11.7 Å². The van der Waals surface area contributed by atoms with E-state index in [4.69, 9.17) is 14.0 Å². The molecule has 0 unspecified atom stereocenters. The van der Waals surface area contributed by atoms with Crippen LogP contribution in [0.4, 0.5) is 0 Å². The summed E-state index contributed by atoms with van der Waals surface area (Å²) >= 11 is 0. The molecule has 15 heavy (non-hydrogen) atoms. The van der Waals surface area contributed by atoms with Crippen molar-refractivity contribution in [2.75, 3.05) is 0 Å². The Labute approximate surface area is 84.5 Å². The first-order valence-corrected chi connectivity index (χ1v) is 4.22. The smallest absolute Gasteiger partial charge is 0.377 e. The molecule has 0 bridgehead atoms. The Kier molecular flexibility index (Phi) is 2.03. The molecule has 0 fully saturated rings. The van der Waals surface area contributed by atoms with Gasteiger partial charge in [0.15, 0.2) is 0 Å². The summed E-state index contributed by atoms with van der Waals surface area (Å²) in [6, 6.07) is 1.72. The van der Waals surface area contributed by atoms with Gasteiger partial charge in [-0.3, -0.25) is 0 Å². The number of aryl methyl sites for hydroxylation is 2. The highest BCUT2D eigenvalue weighted by Crippen LogP contribution is 2.24. The van der Waals surface area contributed by atoms with Crippen molar-refractivity contribution in [3.8, 4) is 11.5 Å². The number of aromatic carboxylic acids is 1. The molecular weight excluding hydrogens is 200 g/mol. The van der Waals surface area contributed by atoms with Crippen molar-refractivity contribution in [1.29, 1.82) is 0 Å². The number of carboxylic acid groups (broad SMARTS) is 1. The van der Waals surface area contributed by atoms with Gasteiger partial charge >= 0.3 is 5.97 Å². The second-order valence-electron chi connectivity index (χ2n) is 3.06. The van der Waals surface area contributed by atoms with E-state index >= 15 is 0 Å². The quantitative estimate of drug-likeness (QED) is 0.806. The van der Waals surface area contributed by atoms with Crippen LogP contribution >= 0.6 is 0 Å². The normalized spacial score (nSPS) is 10.5. The predicted octanol–water partition coefficient (Wildman–Crippen LogP) is 1.64. The largest absolute Gasteiger partial charge is 0.475 e. The lowest BCUT2D eigenvalue weighted by atomic mass is 10.2. The van der Waals surface area contributed by atoms with Crippen molar-refractivity contribution in [3.63, 3.8) is 0 Å². The predicted molar refractivity (Wildman–Crippen MR) is 48.4 cm³/mol. The van der Waals surface area contributed by atoms with Crippen molar-refractivity contribution < 1.29 is 18.8 Å². The summed E-state index contributed by atoms with van der Waals surface area (Å²) in [6.07, 6.45) is 0. The van der Waals surface area contributed by atoms with Gasteiger partial charge in [-0.1, -0.05) is 0 Å². The SMILES string of the molecule is Cc1cc(-c2nc(C(=O)O)no2)c(C)o1. The molecule has 2 aromatic rings. The molecule has 0 atom stereocenters. The van der Waals surface area contributed by atoms with Crippen LogP contribution in [0.2, 0.25) is 0 Å². The fourth-order valence-corrected chi connectivity index (χ4v) is 1.26. The first-order chi connectivity index (χ1) is 7.08. The molecule has 0 radical (unpaired) electrons. The molecule has 0 aliphatic heterocycles. The minimum absolute atomic E-state index is 0.154. The zero-order valence-corrected chi connectivity index (χ0v) is 8.14. The van der Waals surface area contributed by atoms with Gasteiger partial charge < -0.3 is 14.0 Å². The van der Waals surface area contributed by atoms with Crippen LogP contribution in [0, 0.1) is 13.8 Å². The van der Waals surface area contributed by atoms with E-state index in [0.29, 0.717) is 17.1 Å². The fourth-order valence-electron chi connectivity index (χ4n) is 1.26. The van der Waals surface area contributed by atoms with Gasteiger partial charge in [-0.15, -0.1) is 0 Å². The second-order valence-corrected chi connectivity index (χ2v) is 3.06. The average Bonchev–Trinajstić information content (AvgIpc) is 2.71. The molecule has 0 aromatic carbocycles. The van der Waals surface area contributed by atoms with Gasteiger partial charge in [0.05, 0.1) is 5.56 Å². The van der Waals surface area contributed by atoms with E-state index in [1.54, 1.807) is 19.9 Å². The van der Waals surface area contributed by atoms with Crippen LogP contribution in [-0.4, -0.2) is 21.2 Å². The Bertz CT molecular complexity index is 512. The number of nitrogens with zero attached hydrogens (tertiary/aromatic N) is 2. The topological polar surface area (TPSA) is 89.4 Å². The molecule has 2 heterocycles. The Balaban J connectivity index is 2.45.